The van der Waals surface area contributed by atoms with Gasteiger partial charge in [0.15, 0.2) is 5.78 Å². The van der Waals surface area contributed by atoms with Crippen LogP contribution in [0.4, 0.5) is 0 Å². The molecule has 4 aromatic rings. The predicted molar refractivity (Wildman–Crippen MR) is 149 cm³/mol. The molecule has 0 aromatic heterocycles. The van der Waals surface area contributed by atoms with Gasteiger partial charge in [0, 0.05) is 18.9 Å². The maximum atomic E-state index is 12.8. The van der Waals surface area contributed by atoms with E-state index in [0.717, 1.165) is 18.5 Å². The first-order chi connectivity index (χ1) is 18.2. The standard InChI is InChI=1S/C33H35NO3/c35-29(24-34-23-22-30(27-14-6-2-7-15-27)28-16-8-3-9-17-28)25-37-33-19-11-10-18-31(33)32(36)21-20-26-12-4-1-5-13-26/h1-19,29-30,34-35H,20-25H2. The summed E-state index contributed by atoms with van der Waals surface area (Å²) in [4.78, 5) is 12.8. The minimum absolute atomic E-state index is 0.0416. The summed E-state index contributed by atoms with van der Waals surface area (Å²) >= 11 is 0. The molecule has 0 aliphatic heterocycles. The maximum absolute atomic E-state index is 12.8. The molecule has 0 radical (unpaired) electrons. The summed E-state index contributed by atoms with van der Waals surface area (Å²) in [6.07, 6.45) is 1.34. The fraction of sp³-hybridized carbons (Fsp3) is 0.242. The second-order valence-electron chi connectivity index (χ2n) is 9.24. The average molecular weight is 494 g/mol. The normalized spacial score (nSPS) is 11.8. The van der Waals surface area contributed by atoms with E-state index in [1.165, 1.54) is 11.1 Å². The Morgan fingerprint density at radius 3 is 1.97 bits per heavy atom. The number of hydrogen-bond donors (Lipinski definition) is 2. The molecular formula is C33H35NO3. The molecule has 4 nitrogen and oxygen atoms in total. The average Bonchev–Trinajstić information content (AvgIpc) is 2.96. The highest BCUT2D eigenvalue weighted by molar-refractivity contribution is 5.98. The number of carbonyl (C=O) groups is 1. The van der Waals surface area contributed by atoms with Crippen LogP contribution < -0.4 is 10.1 Å². The smallest absolute Gasteiger partial charge is 0.166 e. The molecule has 1 atom stereocenters. The van der Waals surface area contributed by atoms with Crippen LogP contribution >= 0.6 is 0 Å². The molecule has 0 saturated heterocycles. The Morgan fingerprint density at radius 1 is 0.757 bits per heavy atom. The van der Waals surface area contributed by atoms with Crippen LogP contribution in [0.2, 0.25) is 0 Å². The Hall–Kier alpha value is -3.73. The number of rotatable bonds is 14. The van der Waals surface area contributed by atoms with Gasteiger partial charge in [-0.1, -0.05) is 103 Å². The van der Waals surface area contributed by atoms with Gasteiger partial charge < -0.3 is 15.2 Å². The van der Waals surface area contributed by atoms with Gasteiger partial charge in [-0.05, 0) is 48.2 Å². The monoisotopic (exact) mass is 493 g/mol. The topological polar surface area (TPSA) is 58.6 Å². The van der Waals surface area contributed by atoms with Gasteiger partial charge in [0.25, 0.3) is 0 Å². The maximum Gasteiger partial charge on any atom is 0.166 e. The minimum atomic E-state index is -0.681. The van der Waals surface area contributed by atoms with Crippen LogP contribution in [0.1, 0.15) is 45.8 Å². The van der Waals surface area contributed by atoms with Crippen LogP contribution in [0.3, 0.4) is 0 Å². The molecule has 4 aromatic carbocycles. The minimum Gasteiger partial charge on any atom is -0.490 e. The molecule has 0 aliphatic carbocycles. The van der Waals surface area contributed by atoms with Gasteiger partial charge in [-0.2, -0.15) is 0 Å². The second kappa shape index (κ2) is 14.1. The Balaban J connectivity index is 1.24. The summed E-state index contributed by atoms with van der Waals surface area (Å²) < 4.78 is 5.88. The Morgan fingerprint density at radius 2 is 1.32 bits per heavy atom. The molecule has 4 rings (SSSR count). The van der Waals surface area contributed by atoms with E-state index >= 15 is 0 Å². The molecule has 0 aliphatic rings. The third kappa shape index (κ3) is 8.14. The Kier molecular flexibility index (Phi) is 10.1. The molecule has 0 bridgehead atoms. The number of aliphatic hydroxyl groups excluding tert-OH is 1. The lowest BCUT2D eigenvalue weighted by atomic mass is 9.88. The van der Waals surface area contributed by atoms with Crippen molar-refractivity contribution in [3.05, 3.63) is 138 Å². The zero-order valence-electron chi connectivity index (χ0n) is 21.1. The van der Waals surface area contributed by atoms with Gasteiger partial charge in [-0.3, -0.25) is 4.79 Å². The first kappa shape index (κ1) is 26.3. The molecule has 1 unspecified atom stereocenters. The highest BCUT2D eigenvalue weighted by Crippen LogP contribution is 2.27. The predicted octanol–water partition coefficient (Wildman–Crippen LogP) is 6.05. The number of aliphatic hydroxyl groups is 1. The van der Waals surface area contributed by atoms with Gasteiger partial charge in [-0.25, -0.2) is 0 Å². The largest absolute Gasteiger partial charge is 0.490 e. The number of Topliss-reactive ketones (excluding diaryl/α,β-unsaturated/α-hetero) is 1. The second-order valence-corrected chi connectivity index (χ2v) is 9.24. The summed E-state index contributed by atoms with van der Waals surface area (Å²) in [6, 6.07) is 38.3. The van der Waals surface area contributed by atoms with E-state index in [1.807, 2.05) is 54.6 Å². The van der Waals surface area contributed by atoms with Crippen LogP contribution in [0.5, 0.6) is 5.75 Å². The molecule has 0 saturated carbocycles. The zero-order valence-corrected chi connectivity index (χ0v) is 21.1. The molecule has 0 amide bonds. The number of aryl methyl sites for hydroxylation is 1. The van der Waals surface area contributed by atoms with Crippen LogP contribution in [-0.2, 0) is 6.42 Å². The molecular weight excluding hydrogens is 458 g/mol. The lowest BCUT2D eigenvalue weighted by Gasteiger charge is -2.19. The first-order valence-electron chi connectivity index (χ1n) is 13.0. The van der Waals surface area contributed by atoms with E-state index in [4.69, 9.17) is 4.74 Å². The van der Waals surface area contributed by atoms with Crippen molar-refractivity contribution in [1.29, 1.82) is 0 Å². The molecule has 0 heterocycles. The highest BCUT2D eigenvalue weighted by Gasteiger charge is 2.15. The highest BCUT2D eigenvalue weighted by atomic mass is 16.5. The molecule has 37 heavy (non-hydrogen) atoms. The summed E-state index contributed by atoms with van der Waals surface area (Å²) in [5.74, 6) is 0.852. The lowest BCUT2D eigenvalue weighted by molar-refractivity contribution is 0.0950. The SMILES string of the molecule is O=C(CCc1ccccc1)c1ccccc1OCC(O)CNCCC(c1ccccc1)c1ccccc1. The van der Waals surface area contributed by atoms with Crippen molar-refractivity contribution in [3.8, 4) is 5.75 Å². The van der Waals surface area contributed by atoms with E-state index in [2.05, 4.69) is 53.8 Å². The van der Waals surface area contributed by atoms with E-state index in [1.54, 1.807) is 12.1 Å². The zero-order chi connectivity index (χ0) is 25.7. The number of nitrogens with one attached hydrogen (secondary N) is 1. The van der Waals surface area contributed by atoms with E-state index in [9.17, 15) is 9.90 Å². The van der Waals surface area contributed by atoms with Crippen LogP contribution in [0.15, 0.2) is 115 Å². The summed E-state index contributed by atoms with van der Waals surface area (Å²) in [6.45, 7) is 1.30. The number of para-hydroxylation sites is 1. The van der Waals surface area contributed by atoms with E-state index < -0.39 is 6.10 Å². The van der Waals surface area contributed by atoms with Gasteiger partial charge in [0.2, 0.25) is 0 Å². The third-order valence-corrected chi connectivity index (χ3v) is 6.50. The number of benzene rings is 4. The van der Waals surface area contributed by atoms with Crippen molar-refractivity contribution in [3.63, 3.8) is 0 Å². The lowest BCUT2D eigenvalue weighted by Crippen LogP contribution is -2.32. The number of hydrogen-bond acceptors (Lipinski definition) is 4. The molecule has 190 valence electrons. The molecule has 0 spiro atoms. The number of carbonyl (C=O) groups excluding carboxylic acids is 1. The van der Waals surface area contributed by atoms with Crippen molar-refractivity contribution in [2.75, 3.05) is 19.7 Å². The molecule has 2 N–H and O–H groups in total. The Labute approximate surface area is 220 Å². The van der Waals surface area contributed by atoms with Gasteiger partial charge in [-0.15, -0.1) is 0 Å². The van der Waals surface area contributed by atoms with Gasteiger partial charge in [0.1, 0.15) is 18.5 Å². The molecule has 4 heteroatoms. The van der Waals surface area contributed by atoms with Crippen LogP contribution in [0.25, 0.3) is 0 Å². The third-order valence-electron chi connectivity index (χ3n) is 6.50. The van der Waals surface area contributed by atoms with Gasteiger partial charge >= 0.3 is 0 Å². The number of ketones is 1. The molecule has 0 fully saturated rings. The summed E-state index contributed by atoms with van der Waals surface area (Å²) in [5.41, 5.74) is 4.27. The summed E-state index contributed by atoms with van der Waals surface area (Å²) in [7, 11) is 0. The van der Waals surface area contributed by atoms with Crippen molar-refractivity contribution >= 4 is 5.78 Å². The van der Waals surface area contributed by atoms with Crippen LogP contribution in [0, 0.1) is 0 Å². The fourth-order valence-corrected chi connectivity index (χ4v) is 4.52. The van der Waals surface area contributed by atoms with Crippen molar-refractivity contribution in [2.45, 2.75) is 31.3 Å². The van der Waals surface area contributed by atoms with Crippen molar-refractivity contribution in [1.82, 2.24) is 5.32 Å². The Bertz CT molecular complexity index is 1170. The van der Waals surface area contributed by atoms with E-state index in [0.29, 0.717) is 30.7 Å². The van der Waals surface area contributed by atoms with Crippen molar-refractivity contribution in [2.24, 2.45) is 0 Å². The fourth-order valence-electron chi connectivity index (χ4n) is 4.52. The van der Waals surface area contributed by atoms with Gasteiger partial charge in [0.05, 0.1) is 5.56 Å². The first-order valence-corrected chi connectivity index (χ1v) is 13.0. The van der Waals surface area contributed by atoms with Crippen molar-refractivity contribution < 1.29 is 14.6 Å². The summed E-state index contributed by atoms with van der Waals surface area (Å²) in [5, 5.41) is 13.9. The quantitative estimate of drug-likeness (QED) is 0.166. The number of ether oxygens (including phenoxy) is 1. The van der Waals surface area contributed by atoms with E-state index in [-0.39, 0.29) is 18.3 Å². The van der Waals surface area contributed by atoms with Crippen LogP contribution in [-0.4, -0.2) is 36.7 Å².